The molecule has 1 saturated heterocycles. The van der Waals surface area contributed by atoms with Gasteiger partial charge in [-0.3, -0.25) is 14.6 Å². The maximum Gasteiger partial charge on any atom is 0.325 e. The van der Waals surface area contributed by atoms with E-state index < -0.39 is 11.2 Å². The van der Waals surface area contributed by atoms with Crippen molar-refractivity contribution in [2.75, 3.05) is 6.54 Å². The highest BCUT2D eigenvalue weighted by Crippen LogP contribution is 2.31. The summed E-state index contributed by atoms with van der Waals surface area (Å²) >= 11 is 0. The van der Waals surface area contributed by atoms with Gasteiger partial charge in [0, 0.05) is 17.8 Å². The number of hydrogen-bond donors (Lipinski definition) is 2. The molecule has 1 aliphatic rings. The standard InChI is InChI=1S/C18H20FN3O3/c1-11-14(17(24)21-18(25)20-11)10-16(23)22-9-3-2-4-15(22)12-5-7-13(19)8-6-12/h5-8,15H,2-4,9-10H2,1H3,(H2,20,21,24,25). The maximum absolute atomic E-state index is 13.2. The van der Waals surface area contributed by atoms with Gasteiger partial charge < -0.3 is 9.88 Å². The zero-order valence-electron chi connectivity index (χ0n) is 14.0. The Balaban J connectivity index is 1.85. The van der Waals surface area contributed by atoms with E-state index in [2.05, 4.69) is 9.97 Å². The molecule has 0 radical (unpaired) electrons. The van der Waals surface area contributed by atoms with E-state index >= 15 is 0 Å². The van der Waals surface area contributed by atoms with E-state index in [1.54, 1.807) is 24.0 Å². The van der Waals surface area contributed by atoms with Crippen molar-refractivity contribution < 1.29 is 9.18 Å². The third-order valence-corrected chi connectivity index (χ3v) is 4.66. The Hall–Kier alpha value is -2.70. The van der Waals surface area contributed by atoms with Crippen LogP contribution in [-0.2, 0) is 11.2 Å². The zero-order valence-corrected chi connectivity index (χ0v) is 14.0. The monoisotopic (exact) mass is 345 g/mol. The SMILES string of the molecule is Cc1[nH]c(=O)[nH]c(=O)c1CC(=O)N1CCCCC1c1ccc(F)cc1. The minimum absolute atomic E-state index is 0.0738. The van der Waals surface area contributed by atoms with Crippen LogP contribution in [0.1, 0.15) is 42.1 Å². The highest BCUT2D eigenvalue weighted by molar-refractivity contribution is 5.79. The number of carbonyl (C=O) groups excluding carboxylic acids is 1. The van der Waals surface area contributed by atoms with E-state index in [1.165, 1.54) is 12.1 Å². The molecule has 7 heteroatoms. The fraction of sp³-hybridized carbons (Fsp3) is 0.389. The average Bonchev–Trinajstić information content (AvgIpc) is 2.58. The van der Waals surface area contributed by atoms with E-state index in [-0.39, 0.29) is 29.8 Å². The number of H-pyrrole nitrogens is 2. The lowest BCUT2D eigenvalue weighted by Gasteiger charge is -2.36. The number of aryl methyl sites for hydroxylation is 1. The van der Waals surface area contributed by atoms with E-state index in [1.807, 2.05) is 0 Å². The van der Waals surface area contributed by atoms with Crippen LogP contribution in [0.3, 0.4) is 0 Å². The molecule has 6 nitrogen and oxygen atoms in total. The van der Waals surface area contributed by atoms with Crippen molar-refractivity contribution in [1.29, 1.82) is 0 Å². The molecular weight excluding hydrogens is 325 g/mol. The predicted octanol–water partition coefficient (Wildman–Crippen LogP) is 1.81. The van der Waals surface area contributed by atoms with Gasteiger partial charge in [-0.25, -0.2) is 9.18 Å². The summed E-state index contributed by atoms with van der Waals surface area (Å²) in [5.74, 6) is -0.484. The zero-order chi connectivity index (χ0) is 18.0. The second-order valence-corrected chi connectivity index (χ2v) is 6.34. The van der Waals surface area contributed by atoms with Crippen molar-refractivity contribution in [3.63, 3.8) is 0 Å². The van der Waals surface area contributed by atoms with Crippen LogP contribution < -0.4 is 11.2 Å². The number of nitrogens with one attached hydrogen (secondary N) is 2. The van der Waals surface area contributed by atoms with E-state index in [0.29, 0.717) is 12.2 Å². The Kier molecular flexibility index (Phi) is 4.83. The molecule has 25 heavy (non-hydrogen) atoms. The molecule has 1 atom stereocenters. The molecule has 1 aromatic carbocycles. The molecule has 2 heterocycles. The highest BCUT2D eigenvalue weighted by atomic mass is 19.1. The van der Waals surface area contributed by atoms with Crippen LogP contribution in [0.15, 0.2) is 33.9 Å². The molecule has 0 aliphatic carbocycles. The van der Waals surface area contributed by atoms with Crippen molar-refractivity contribution in [2.24, 2.45) is 0 Å². The highest BCUT2D eigenvalue weighted by Gasteiger charge is 2.28. The van der Waals surface area contributed by atoms with Crippen LogP contribution in [-0.4, -0.2) is 27.3 Å². The fourth-order valence-electron chi connectivity index (χ4n) is 3.35. The number of aromatic amines is 2. The second kappa shape index (κ2) is 7.04. The molecule has 1 fully saturated rings. The number of likely N-dealkylation sites (tertiary alicyclic amines) is 1. The lowest BCUT2D eigenvalue weighted by Crippen LogP contribution is -2.40. The number of nitrogens with zero attached hydrogens (tertiary/aromatic N) is 1. The molecule has 2 aromatic rings. The van der Waals surface area contributed by atoms with Crippen LogP contribution >= 0.6 is 0 Å². The van der Waals surface area contributed by atoms with Gasteiger partial charge >= 0.3 is 5.69 Å². The van der Waals surface area contributed by atoms with Gasteiger partial charge in [-0.15, -0.1) is 0 Å². The quantitative estimate of drug-likeness (QED) is 0.889. The summed E-state index contributed by atoms with van der Waals surface area (Å²) in [5.41, 5.74) is 0.442. The summed E-state index contributed by atoms with van der Waals surface area (Å²) in [4.78, 5) is 42.5. The van der Waals surface area contributed by atoms with Crippen molar-refractivity contribution in [3.8, 4) is 0 Å². The minimum Gasteiger partial charge on any atom is -0.335 e. The molecule has 1 aliphatic heterocycles. The van der Waals surface area contributed by atoms with Crippen LogP contribution in [0.5, 0.6) is 0 Å². The van der Waals surface area contributed by atoms with Gasteiger partial charge in [-0.05, 0) is 43.9 Å². The number of hydrogen-bond acceptors (Lipinski definition) is 3. The largest absolute Gasteiger partial charge is 0.335 e. The van der Waals surface area contributed by atoms with Crippen LogP contribution in [0, 0.1) is 12.7 Å². The van der Waals surface area contributed by atoms with Crippen LogP contribution in [0.4, 0.5) is 4.39 Å². The maximum atomic E-state index is 13.2. The third kappa shape index (κ3) is 3.70. The number of rotatable bonds is 3. The van der Waals surface area contributed by atoms with Gasteiger partial charge in [0.05, 0.1) is 12.5 Å². The Morgan fingerprint density at radius 1 is 1.20 bits per heavy atom. The Morgan fingerprint density at radius 2 is 1.92 bits per heavy atom. The molecule has 3 rings (SSSR count). The number of halogens is 1. The molecule has 0 spiro atoms. The van der Waals surface area contributed by atoms with Gasteiger partial charge in [-0.2, -0.15) is 0 Å². The summed E-state index contributed by atoms with van der Waals surface area (Å²) in [5, 5.41) is 0. The number of carbonyl (C=O) groups is 1. The first kappa shape index (κ1) is 17.1. The first-order valence-electron chi connectivity index (χ1n) is 8.32. The van der Waals surface area contributed by atoms with E-state index in [9.17, 15) is 18.8 Å². The second-order valence-electron chi connectivity index (χ2n) is 6.34. The predicted molar refractivity (Wildman–Crippen MR) is 90.8 cm³/mol. The number of piperidine rings is 1. The number of amides is 1. The van der Waals surface area contributed by atoms with Crippen molar-refractivity contribution in [3.05, 3.63) is 67.7 Å². The summed E-state index contributed by atoms with van der Waals surface area (Å²) in [6.07, 6.45) is 2.61. The lowest BCUT2D eigenvalue weighted by atomic mass is 9.94. The summed E-state index contributed by atoms with van der Waals surface area (Å²) < 4.78 is 13.2. The van der Waals surface area contributed by atoms with Gasteiger partial charge in [0.25, 0.3) is 5.56 Å². The van der Waals surface area contributed by atoms with Crippen molar-refractivity contribution >= 4 is 5.91 Å². The normalized spacial score (nSPS) is 17.5. The third-order valence-electron chi connectivity index (χ3n) is 4.66. The van der Waals surface area contributed by atoms with Gasteiger partial charge in [0.15, 0.2) is 0 Å². The van der Waals surface area contributed by atoms with Crippen LogP contribution in [0.25, 0.3) is 0 Å². The number of aromatic nitrogens is 2. The molecule has 1 unspecified atom stereocenters. The Labute approximate surface area is 143 Å². The molecular formula is C18H20FN3O3. The fourth-order valence-corrected chi connectivity index (χ4v) is 3.35. The van der Waals surface area contributed by atoms with Gasteiger partial charge in [0.2, 0.25) is 5.91 Å². The molecule has 0 saturated carbocycles. The first-order valence-corrected chi connectivity index (χ1v) is 8.32. The Bertz CT molecular complexity index is 886. The van der Waals surface area contributed by atoms with Gasteiger partial charge in [0.1, 0.15) is 5.82 Å². The Morgan fingerprint density at radius 3 is 2.60 bits per heavy atom. The summed E-state index contributed by atoms with van der Waals surface area (Å²) in [6, 6.07) is 6.06. The summed E-state index contributed by atoms with van der Waals surface area (Å²) in [6.45, 7) is 2.20. The molecule has 1 aromatic heterocycles. The minimum atomic E-state index is -0.583. The molecule has 2 N–H and O–H groups in total. The van der Waals surface area contributed by atoms with E-state index in [0.717, 1.165) is 24.8 Å². The summed E-state index contributed by atoms with van der Waals surface area (Å²) in [7, 11) is 0. The van der Waals surface area contributed by atoms with Crippen molar-refractivity contribution in [2.45, 2.75) is 38.6 Å². The molecule has 132 valence electrons. The molecule has 0 bridgehead atoms. The van der Waals surface area contributed by atoms with Crippen molar-refractivity contribution in [1.82, 2.24) is 14.9 Å². The van der Waals surface area contributed by atoms with Crippen LogP contribution in [0.2, 0.25) is 0 Å². The smallest absolute Gasteiger partial charge is 0.325 e. The first-order chi connectivity index (χ1) is 12.0. The molecule has 1 amide bonds. The van der Waals surface area contributed by atoms with Gasteiger partial charge in [-0.1, -0.05) is 12.1 Å². The topological polar surface area (TPSA) is 86.0 Å². The average molecular weight is 345 g/mol. The number of benzene rings is 1. The van der Waals surface area contributed by atoms with E-state index in [4.69, 9.17) is 0 Å². The lowest BCUT2D eigenvalue weighted by molar-refractivity contribution is -0.134.